The first-order valence-corrected chi connectivity index (χ1v) is 10.2. The van der Waals surface area contributed by atoms with Crippen LogP contribution in [0.15, 0.2) is 43.1 Å². The molecule has 8 nitrogen and oxygen atoms in total. The number of phenols is 1. The summed E-state index contributed by atoms with van der Waals surface area (Å²) >= 11 is 0. The summed E-state index contributed by atoms with van der Waals surface area (Å²) in [5.41, 5.74) is 1.78. The lowest BCUT2D eigenvalue weighted by atomic mass is 9.82. The maximum Gasteiger partial charge on any atom is 0.245 e. The molecule has 2 fully saturated rings. The first-order valence-electron chi connectivity index (χ1n) is 10.2. The Balaban J connectivity index is 1.35. The number of anilines is 1. The van der Waals surface area contributed by atoms with Crippen molar-refractivity contribution < 1.29 is 9.50 Å². The first kappa shape index (κ1) is 18.9. The molecule has 0 aliphatic carbocycles. The van der Waals surface area contributed by atoms with Crippen molar-refractivity contribution in [1.29, 1.82) is 0 Å². The van der Waals surface area contributed by atoms with E-state index in [9.17, 15) is 9.50 Å². The molecule has 1 aromatic carbocycles. The van der Waals surface area contributed by atoms with Crippen molar-refractivity contribution >= 4 is 5.95 Å². The monoisotopic (exact) mass is 409 g/mol. The number of alkyl halides is 1. The minimum Gasteiger partial charge on any atom is -0.507 e. The van der Waals surface area contributed by atoms with Crippen molar-refractivity contribution in [1.82, 2.24) is 30.0 Å². The number of imidazole rings is 1. The Morgan fingerprint density at radius 2 is 2.17 bits per heavy atom. The van der Waals surface area contributed by atoms with Crippen molar-refractivity contribution in [2.45, 2.75) is 50.0 Å². The molecule has 30 heavy (non-hydrogen) atoms. The van der Waals surface area contributed by atoms with Crippen LogP contribution in [0, 0.1) is 0 Å². The third-order valence-corrected chi connectivity index (χ3v) is 6.22. The van der Waals surface area contributed by atoms with E-state index in [0.29, 0.717) is 23.2 Å². The van der Waals surface area contributed by atoms with Gasteiger partial charge in [-0.25, -0.2) is 14.4 Å². The normalized spacial score (nSPS) is 25.8. The second kappa shape index (κ2) is 7.64. The molecule has 2 aliphatic rings. The maximum absolute atomic E-state index is 15.0. The van der Waals surface area contributed by atoms with Crippen molar-refractivity contribution in [3.63, 3.8) is 0 Å². The molecule has 2 aliphatic heterocycles. The molecule has 2 aromatic heterocycles. The predicted molar refractivity (Wildman–Crippen MR) is 110 cm³/mol. The van der Waals surface area contributed by atoms with Crippen molar-refractivity contribution in [2.75, 3.05) is 11.9 Å². The lowest BCUT2D eigenvalue weighted by Crippen LogP contribution is -2.61. The molecule has 0 amide bonds. The molecule has 156 valence electrons. The zero-order chi connectivity index (χ0) is 20.7. The van der Waals surface area contributed by atoms with Gasteiger partial charge in [-0.15, -0.1) is 10.2 Å². The number of nitrogens with zero attached hydrogens (tertiary/aromatic N) is 6. The van der Waals surface area contributed by atoms with Gasteiger partial charge in [0.05, 0.1) is 24.3 Å². The summed E-state index contributed by atoms with van der Waals surface area (Å²) in [7, 11) is 1.83. The van der Waals surface area contributed by atoms with Crippen molar-refractivity contribution in [3.8, 4) is 22.7 Å². The molecule has 4 atom stereocenters. The Kier molecular flexibility index (Phi) is 4.82. The highest BCUT2D eigenvalue weighted by Gasteiger charge is 2.42. The summed E-state index contributed by atoms with van der Waals surface area (Å²) < 4.78 is 16.8. The average Bonchev–Trinajstić information content (AvgIpc) is 3.31. The van der Waals surface area contributed by atoms with Gasteiger partial charge in [0.2, 0.25) is 5.95 Å². The number of aromatic hydroxyl groups is 1. The number of piperidine rings is 2. The number of nitrogens with one attached hydrogen (secondary N) is 1. The number of aromatic nitrogens is 5. The quantitative estimate of drug-likeness (QED) is 0.684. The van der Waals surface area contributed by atoms with E-state index in [2.05, 4.69) is 25.5 Å². The van der Waals surface area contributed by atoms with Crippen LogP contribution in [0.5, 0.6) is 5.75 Å². The molecule has 3 aromatic rings. The maximum atomic E-state index is 15.0. The molecule has 0 spiro atoms. The minimum atomic E-state index is -0.963. The standard InChI is InChI=1S/C21H24FN7O/c1-28(18-9-13-3-2-4-16(25-13)20(18)22)21-24-11-17(26-27-21)15-6-5-14(10-19(15)30)29-8-7-23-12-29/h5-8,10-13,16,18,20,25,30H,2-4,9H2,1H3/t13-,16+,18-,20+/m1/s1. The molecule has 4 heterocycles. The molecule has 0 saturated carbocycles. The molecule has 0 radical (unpaired) electrons. The Bertz CT molecular complexity index is 1010. The third kappa shape index (κ3) is 3.39. The van der Waals surface area contributed by atoms with E-state index in [-0.39, 0.29) is 17.8 Å². The van der Waals surface area contributed by atoms with E-state index < -0.39 is 6.17 Å². The highest BCUT2D eigenvalue weighted by molar-refractivity contribution is 5.68. The van der Waals surface area contributed by atoms with Gasteiger partial charge in [-0.1, -0.05) is 6.42 Å². The van der Waals surface area contributed by atoms with Gasteiger partial charge < -0.3 is 19.9 Å². The van der Waals surface area contributed by atoms with E-state index in [4.69, 9.17) is 0 Å². The lowest BCUT2D eigenvalue weighted by molar-refractivity contribution is 0.106. The minimum absolute atomic E-state index is 0.0772. The number of hydrogen-bond acceptors (Lipinski definition) is 7. The molecule has 2 bridgehead atoms. The van der Waals surface area contributed by atoms with Crippen LogP contribution >= 0.6 is 0 Å². The summed E-state index contributed by atoms with van der Waals surface area (Å²) in [6.07, 6.45) is 9.50. The van der Waals surface area contributed by atoms with E-state index in [1.807, 2.05) is 13.1 Å². The summed E-state index contributed by atoms with van der Waals surface area (Å²) in [4.78, 5) is 10.2. The van der Waals surface area contributed by atoms with E-state index in [1.165, 1.54) is 0 Å². The van der Waals surface area contributed by atoms with Crippen molar-refractivity contribution in [3.05, 3.63) is 43.1 Å². The summed E-state index contributed by atoms with van der Waals surface area (Å²) in [6, 6.07) is 5.26. The van der Waals surface area contributed by atoms with Crippen LogP contribution in [0.1, 0.15) is 25.7 Å². The number of benzene rings is 1. The Morgan fingerprint density at radius 1 is 1.27 bits per heavy atom. The van der Waals surface area contributed by atoms with Crippen LogP contribution in [0.4, 0.5) is 10.3 Å². The van der Waals surface area contributed by atoms with Crippen LogP contribution in [0.2, 0.25) is 0 Å². The fraction of sp³-hybridized carbons (Fsp3) is 0.429. The van der Waals surface area contributed by atoms with Gasteiger partial charge >= 0.3 is 0 Å². The summed E-state index contributed by atoms with van der Waals surface area (Å²) in [6.45, 7) is 0. The Hall–Kier alpha value is -3.07. The van der Waals surface area contributed by atoms with Gasteiger partial charge in [0.1, 0.15) is 17.6 Å². The molecule has 2 saturated heterocycles. The fourth-order valence-electron chi connectivity index (χ4n) is 4.56. The van der Waals surface area contributed by atoms with E-state index >= 15 is 0 Å². The zero-order valence-electron chi connectivity index (χ0n) is 16.7. The SMILES string of the molecule is CN(c1ncc(-c2ccc(-n3ccnc3)cc2O)nn1)[C@@H]1C[C@H]2CCC[C@H](N2)[C@@H]1F. The molecule has 5 rings (SSSR count). The number of hydrogen-bond donors (Lipinski definition) is 2. The van der Waals surface area contributed by atoms with Crippen LogP contribution < -0.4 is 10.2 Å². The largest absolute Gasteiger partial charge is 0.507 e. The molecular weight excluding hydrogens is 385 g/mol. The second-order valence-electron chi connectivity index (χ2n) is 8.07. The van der Waals surface area contributed by atoms with Gasteiger partial charge in [-0.3, -0.25) is 0 Å². The summed E-state index contributed by atoms with van der Waals surface area (Å²) in [5.74, 6) is 0.467. The predicted octanol–water partition coefficient (Wildman–Crippen LogP) is 2.49. The smallest absolute Gasteiger partial charge is 0.245 e. The number of rotatable bonds is 4. The Labute approximate surface area is 173 Å². The number of phenolic OH excluding ortho intramolecular Hbond substituents is 1. The van der Waals surface area contributed by atoms with Crippen LogP contribution in [0.3, 0.4) is 0 Å². The topological polar surface area (TPSA) is 92.0 Å². The van der Waals surface area contributed by atoms with Gasteiger partial charge in [-0.05, 0) is 31.4 Å². The van der Waals surface area contributed by atoms with Gasteiger partial charge in [0.25, 0.3) is 0 Å². The van der Waals surface area contributed by atoms with Gasteiger partial charge in [-0.2, -0.15) is 0 Å². The van der Waals surface area contributed by atoms with Gasteiger partial charge in [0, 0.05) is 43.2 Å². The zero-order valence-corrected chi connectivity index (χ0v) is 16.7. The number of fused-ring (bicyclic) bond motifs is 2. The highest BCUT2D eigenvalue weighted by atomic mass is 19.1. The van der Waals surface area contributed by atoms with Crippen LogP contribution in [-0.2, 0) is 0 Å². The molecular formula is C21H24FN7O. The van der Waals surface area contributed by atoms with Crippen molar-refractivity contribution in [2.24, 2.45) is 0 Å². The fourth-order valence-corrected chi connectivity index (χ4v) is 4.56. The average molecular weight is 409 g/mol. The Morgan fingerprint density at radius 3 is 2.90 bits per heavy atom. The molecule has 0 unspecified atom stereocenters. The molecule has 2 N–H and O–H groups in total. The van der Waals surface area contributed by atoms with Gasteiger partial charge in [0.15, 0.2) is 0 Å². The number of halogens is 1. The first-order chi connectivity index (χ1) is 14.6. The second-order valence-corrected chi connectivity index (χ2v) is 8.07. The summed E-state index contributed by atoms with van der Waals surface area (Å²) in [5, 5.41) is 22.3. The molecule has 9 heteroatoms. The van der Waals surface area contributed by atoms with E-state index in [0.717, 1.165) is 31.4 Å². The van der Waals surface area contributed by atoms with Crippen LogP contribution in [0.25, 0.3) is 16.9 Å². The highest BCUT2D eigenvalue weighted by Crippen LogP contribution is 2.32. The van der Waals surface area contributed by atoms with E-state index in [1.54, 1.807) is 46.5 Å². The van der Waals surface area contributed by atoms with Crippen LogP contribution in [-0.4, -0.2) is 61.2 Å². The lowest BCUT2D eigenvalue weighted by Gasteiger charge is -2.45. The third-order valence-electron chi connectivity index (χ3n) is 6.22.